The molecule has 0 N–H and O–H groups in total. The predicted molar refractivity (Wildman–Crippen MR) is 78.4 cm³/mol. The molecule has 21 heavy (non-hydrogen) atoms. The highest BCUT2D eigenvalue weighted by atomic mass is 32.2. The van der Waals surface area contributed by atoms with Crippen molar-refractivity contribution in [3.63, 3.8) is 0 Å². The average Bonchev–Trinajstić information content (AvgIpc) is 2.90. The smallest absolute Gasteiger partial charge is 0.249 e. The third-order valence-electron chi connectivity index (χ3n) is 3.54. The topological polar surface area (TPSA) is 74.1 Å². The van der Waals surface area contributed by atoms with E-state index >= 15 is 0 Å². The van der Waals surface area contributed by atoms with Gasteiger partial charge in [0.15, 0.2) is 0 Å². The molecule has 1 aromatic carbocycles. The van der Waals surface area contributed by atoms with E-state index in [1.165, 1.54) is 4.31 Å². The highest BCUT2D eigenvalue weighted by Crippen LogP contribution is 2.32. The van der Waals surface area contributed by atoms with Gasteiger partial charge in [-0.1, -0.05) is 18.2 Å². The third kappa shape index (κ3) is 2.16. The molecule has 1 aromatic heterocycles. The number of nitriles is 1. The largest absolute Gasteiger partial charge is 0.265 e. The summed E-state index contributed by atoms with van der Waals surface area (Å²) in [5, 5.41) is 9.03. The van der Waals surface area contributed by atoms with Crippen molar-refractivity contribution in [1.29, 1.82) is 5.26 Å². The molecule has 0 spiro atoms. The fraction of sp³-hybridized carbons (Fsp3) is 0.200. The summed E-state index contributed by atoms with van der Waals surface area (Å²) in [5.41, 5.74) is 1.84. The van der Waals surface area contributed by atoms with Crippen molar-refractivity contribution in [2.45, 2.75) is 18.2 Å². The Morgan fingerprint density at radius 2 is 2.00 bits per heavy atom. The lowest BCUT2D eigenvalue weighted by Crippen LogP contribution is -2.29. The molecule has 0 amide bonds. The number of rotatable bonds is 2. The highest BCUT2D eigenvalue weighted by Gasteiger charge is 2.32. The second-order valence-electron chi connectivity index (χ2n) is 4.86. The summed E-state index contributed by atoms with van der Waals surface area (Å²) in [7, 11) is -3.60. The molecule has 0 bridgehead atoms. The molecule has 6 heteroatoms. The molecule has 0 fully saturated rings. The van der Waals surface area contributed by atoms with E-state index in [-0.39, 0.29) is 4.90 Å². The lowest BCUT2D eigenvalue weighted by molar-refractivity contribution is 0.592. The van der Waals surface area contributed by atoms with E-state index in [4.69, 9.17) is 5.26 Å². The average molecular weight is 299 g/mol. The summed E-state index contributed by atoms with van der Waals surface area (Å²) < 4.78 is 26.7. The lowest BCUT2D eigenvalue weighted by Gasteiger charge is -2.19. The van der Waals surface area contributed by atoms with Gasteiger partial charge in [-0.05, 0) is 37.1 Å². The van der Waals surface area contributed by atoms with Crippen molar-refractivity contribution < 1.29 is 8.42 Å². The van der Waals surface area contributed by atoms with Crippen molar-refractivity contribution in [3.05, 3.63) is 53.2 Å². The number of hydrogen-bond acceptors (Lipinski definition) is 4. The first-order valence-corrected chi connectivity index (χ1v) is 7.96. The maximum atomic E-state index is 12.7. The second kappa shape index (κ2) is 4.86. The maximum Gasteiger partial charge on any atom is 0.265 e. The van der Waals surface area contributed by atoms with Crippen molar-refractivity contribution in [2.75, 3.05) is 10.8 Å². The van der Waals surface area contributed by atoms with E-state index in [0.717, 1.165) is 5.56 Å². The maximum absolute atomic E-state index is 12.7. The van der Waals surface area contributed by atoms with Crippen LogP contribution in [0.15, 0.2) is 41.3 Å². The van der Waals surface area contributed by atoms with Crippen LogP contribution < -0.4 is 4.31 Å². The van der Waals surface area contributed by atoms with E-state index in [1.807, 2.05) is 0 Å². The van der Waals surface area contributed by atoms with Gasteiger partial charge in [0.25, 0.3) is 10.0 Å². The first-order chi connectivity index (χ1) is 10.0. The van der Waals surface area contributed by atoms with Crippen LogP contribution in [0.5, 0.6) is 0 Å². The molecule has 5 nitrogen and oxygen atoms in total. The normalized spacial score (nSPS) is 13.8. The van der Waals surface area contributed by atoms with E-state index in [0.29, 0.717) is 30.0 Å². The summed E-state index contributed by atoms with van der Waals surface area (Å²) in [5.74, 6) is 0.440. The number of pyridine rings is 1. The third-order valence-corrected chi connectivity index (χ3v) is 5.34. The summed E-state index contributed by atoms with van der Waals surface area (Å²) in [6.45, 7) is 2.07. The van der Waals surface area contributed by atoms with Crippen molar-refractivity contribution in [2.24, 2.45) is 0 Å². The number of sulfonamides is 1. The quantitative estimate of drug-likeness (QED) is 0.850. The van der Waals surface area contributed by atoms with Crippen LogP contribution in [0.25, 0.3) is 0 Å². The van der Waals surface area contributed by atoms with Crippen LogP contribution in [-0.4, -0.2) is 19.9 Å². The van der Waals surface area contributed by atoms with Gasteiger partial charge in [-0.2, -0.15) is 5.26 Å². The van der Waals surface area contributed by atoms with Crippen LogP contribution in [0.1, 0.15) is 16.8 Å². The molecule has 0 aliphatic carbocycles. The van der Waals surface area contributed by atoms with E-state index in [2.05, 4.69) is 11.1 Å². The molecular formula is C15H13N3O2S. The molecule has 0 saturated heterocycles. The number of fused-ring (bicyclic) bond motifs is 1. The molecule has 2 aromatic rings. The van der Waals surface area contributed by atoms with Crippen LogP contribution in [0.4, 0.5) is 5.82 Å². The predicted octanol–water partition coefficient (Wildman–Crippen LogP) is 2.01. The molecule has 1 aliphatic rings. The zero-order chi connectivity index (χ0) is 15.0. The molecule has 0 atom stereocenters. The minimum absolute atomic E-state index is 0.252. The van der Waals surface area contributed by atoms with Gasteiger partial charge in [-0.3, -0.25) is 0 Å². The Morgan fingerprint density at radius 3 is 2.67 bits per heavy atom. The molecule has 1 aliphatic heterocycles. The van der Waals surface area contributed by atoms with Gasteiger partial charge in [0, 0.05) is 6.54 Å². The Hall–Kier alpha value is -2.39. The standard InChI is InChI=1S/C15H13N3O2S/c1-11-13(10-16)9-12-7-8-18(15(12)17-11)21(19,20)14-5-3-2-4-6-14/h2-6,9H,7-8H2,1H3. The fourth-order valence-corrected chi connectivity index (χ4v) is 3.90. The Balaban J connectivity index is 2.10. The monoisotopic (exact) mass is 299 g/mol. The van der Waals surface area contributed by atoms with E-state index in [9.17, 15) is 8.42 Å². The Labute approximate surface area is 123 Å². The molecule has 0 radical (unpaired) electrons. The van der Waals surface area contributed by atoms with Crippen molar-refractivity contribution >= 4 is 15.8 Å². The van der Waals surface area contributed by atoms with Gasteiger partial charge in [0.05, 0.1) is 16.2 Å². The van der Waals surface area contributed by atoms with E-state index in [1.54, 1.807) is 43.3 Å². The Kier molecular flexibility index (Phi) is 3.15. The number of aromatic nitrogens is 1. The van der Waals surface area contributed by atoms with Crippen molar-refractivity contribution in [3.8, 4) is 6.07 Å². The number of aryl methyl sites for hydroxylation is 1. The number of benzene rings is 1. The van der Waals surface area contributed by atoms with Crippen LogP contribution in [-0.2, 0) is 16.4 Å². The van der Waals surface area contributed by atoms with Gasteiger partial charge in [-0.25, -0.2) is 17.7 Å². The van der Waals surface area contributed by atoms with Gasteiger partial charge in [0.1, 0.15) is 11.9 Å². The molecule has 0 unspecified atom stereocenters. The van der Waals surface area contributed by atoms with Gasteiger partial charge in [-0.15, -0.1) is 0 Å². The minimum Gasteiger partial charge on any atom is -0.249 e. The Bertz CT molecular complexity index is 839. The van der Waals surface area contributed by atoms with E-state index < -0.39 is 10.0 Å². The zero-order valence-corrected chi connectivity index (χ0v) is 12.3. The molecule has 106 valence electrons. The van der Waals surface area contributed by atoms with Crippen molar-refractivity contribution in [1.82, 2.24) is 4.98 Å². The summed E-state index contributed by atoms with van der Waals surface area (Å²) in [4.78, 5) is 4.57. The van der Waals surface area contributed by atoms with Gasteiger partial charge in [0.2, 0.25) is 0 Å². The number of nitrogens with zero attached hydrogens (tertiary/aromatic N) is 3. The van der Waals surface area contributed by atoms with Crippen LogP contribution in [0.2, 0.25) is 0 Å². The fourth-order valence-electron chi connectivity index (χ4n) is 2.43. The van der Waals surface area contributed by atoms with Gasteiger partial charge < -0.3 is 0 Å². The van der Waals surface area contributed by atoms with Crippen LogP contribution in [0.3, 0.4) is 0 Å². The Morgan fingerprint density at radius 1 is 1.29 bits per heavy atom. The van der Waals surface area contributed by atoms with Crippen LogP contribution >= 0.6 is 0 Å². The lowest BCUT2D eigenvalue weighted by atomic mass is 10.1. The highest BCUT2D eigenvalue weighted by molar-refractivity contribution is 7.92. The second-order valence-corrected chi connectivity index (χ2v) is 6.72. The first kappa shape index (κ1) is 13.6. The zero-order valence-electron chi connectivity index (χ0n) is 11.4. The summed E-state index contributed by atoms with van der Waals surface area (Å²) >= 11 is 0. The van der Waals surface area contributed by atoms with Gasteiger partial charge >= 0.3 is 0 Å². The molecule has 0 saturated carbocycles. The SMILES string of the molecule is Cc1nc2c(cc1C#N)CCN2S(=O)(=O)c1ccccc1. The molecule has 2 heterocycles. The first-order valence-electron chi connectivity index (χ1n) is 6.52. The number of anilines is 1. The van der Waals surface area contributed by atoms with Crippen LogP contribution in [0, 0.1) is 18.3 Å². The molecule has 3 rings (SSSR count). The minimum atomic E-state index is -3.60. The molecular weight excluding hydrogens is 286 g/mol. The summed E-state index contributed by atoms with van der Waals surface area (Å²) in [6.07, 6.45) is 0.573. The summed E-state index contributed by atoms with van der Waals surface area (Å²) in [6, 6.07) is 12.1. The number of hydrogen-bond donors (Lipinski definition) is 0.